The number of rotatable bonds is 6. The first-order valence-corrected chi connectivity index (χ1v) is 5.31. The summed E-state index contributed by atoms with van der Waals surface area (Å²) >= 11 is 1.66. The Labute approximate surface area is 73.1 Å². The molecule has 0 aliphatic carbocycles. The van der Waals surface area contributed by atoms with Crippen molar-refractivity contribution in [3.63, 3.8) is 0 Å². The lowest BCUT2D eigenvalue weighted by atomic mass is 10.3. The van der Waals surface area contributed by atoms with E-state index in [4.69, 9.17) is 0 Å². The third-order valence-electron chi connectivity index (χ3n) is 1.29. The van der Waals surface area contributed by atoms with Gasteiger partial charge in [-0.3, -0.25) is 4.79 Å². The lowest BCUT2D eigenvalue weighted by Crippen LogP contribution is -2.26. The highest BCUT2D eigenvalue weighted by atomic mass is 32.2. The van der Waals surface area contributed by atoms with Crippen molar-refractivity contribution in [3.8, 4) is 0 Å². The largest absolute Gasteiger partial charge is 0.355 e. The number of unbranched alkanes of at least 4 members (excludes halogenated alkanes) is 1. The van der Waals surface area contributed by atoms with Crippen molar-refractivity contribution >= 4 is 17.7 Å². The topological polar surface area (TPSA) is 29.1 Å². The SMILES string of the molecule is CCCCNC(=O)CSCC. The molecule has 0 aliphatic heterocycles. The third kappa shape index (κ3) is 7.72. The number of carbonyl (C=O) groups excluding carboxylic acids is 1. The molecule has 66 valence electrons. The molecule has 0 heterocycles. The summed E-state index contributed by atoms with van der Waals surface area (Å²) in [6.07, 6.45) is 2.23. The van der Waals surface area contributed by atoms with Crippen LogP contribution >= 0.6 is 11.8 Å². The predicted octanol–water partition coefficient (Wildman–Crippen LogP) is 1.66. The Morgan fingerprint density at radius 3 is 2.73 bits per heavy atom. The minimum Gasteiger partial charge on any atom is -0.355 e. The van der Waals surface area contributed by atoms with E-state index in [1.54, 1.807) is 11.8 Å². The molecule has 0 atom stereocenters. The van der Waals surface area contributed by atoms with Crippen LogP contribution in [0.5, 0.6) is 0 Å². The highest BCUT2D eigenvalue weighted by Gasteiger charge is 1.97. The summed E-state index contributed by atoms with van der Waals surface area (Å²) < 4.78 is 0. The zero-order valence-electron chi connectivity index (χ0n) is 7.35. The molecule has 11 heavy (non-hydrogen) atoms. The molecule has 0 aromatic heterocycles. The average molecular weight is 175 g/mol. The second kappa shape index (κ2) is 7.92. The van der Waals surface area contributed by atoms with Crippen LogP contribution in [0.2, 0.25) is 0 Å². The average Bonchev–Trinajstić information content (AvgIpc) is 2.01. The molecule has 0 aliphatic rings. The fourth-order valence-electron chi connectivity index (χ4n) is 0.650. The Bertz CT molecular complexity index is 106. The van der Waals surface area contributed by atoms with Gasteiger partial charge in [0, 0.05) is 6.54 Å². The van der Waals surface area contributed by atoms with Crippen LogP contribution in [0.4, 0.5) is 0 Å². The Balaban J connectivity index is 3.09. The van der Waals surface area contributed by atoms with Gasteiger partial charge in [0.1, 0.15) is 0 Å². The van der Waals surface area contributed by atoms with Gasteiger partial charge in [-0.2, -0.15) is 11.8 Å². The second-order valence-corrected chi connectivity index (χ2v) is 3.61. The molecule has 0 bridgehead atoms. The van der Waals surface area contributed by atoms with Crippen LogP contribution in [0, 0.1) is 0 Å². The van der Waals surface area contributed by atoms with Crippen molar-refractivity contribution < 1.29 is 4.79 Å². The first kappa shape index (κ1) is 10.8. The molecular formula is C8H17NOS. The first-order valence-electron chi connectivity index (χ1n) is 4.15. The highest BCUT2D eigenvalue weighted by molar-refractivity contribution is 7.99. The Kier molecular flexibility index (Phi) is 7.79. The van der Waals surface area contributed by atoms with E-state index >= 15 is 0 Å². The number of carbonyl (C=O) groups is 1. The lowest BCUT2D eigenvalue weighted by Gasteiger charge is -2.01. The molecule has 0 aromatic carbocycles. The molecule has 3 heteroatoms. The van der Waals surface area contributed by atoms with Crippen molar-refractivity contribution in [2.45, 2.75) is 26.7 Å². The molecule has 1 amide bonds. The molecule has 0 rings (SSSR count). The summed E-state index contributed by atoms with van der Waals surface area (Å²) in [7, 11) is 0. The summed E-state index contributed by atoms with van der Waals surface area (Å²) in [6.45, 7) is 5.01. The summed E-state index contributed by atoms with van der Waals surface area (Å²) in [4.78, 5) is 10.9. The molecule has 0 aromatic rings. The molecule has 1 N–H and O–H groups in total. The van der Waals surface area contributed by atoms with Crippen molar-refractivity contribution in [3.05, 3.63) is 0 Å². The van der Waals surface area contributed by atoms with Gasteiger partial charge in [-0.05, 0) is 12.2 Å². The van der Waals surface area contributed by atoms with Gasteiger partial charge in [0.25, 0.3) is 0 Å². The van der Waals surface area contributed by atoms with Crippen LogP contribution in [0.15, 0.2) is 0 Å². The lowest BCUT2D eigenvalue weighted by molar-refractivity contribution is -0.118. The minimum absolute atomic E-state index is 0.172. The maximum Gasteiger partial charge on any atom is 0.229 e. The van der Waals surface area contributed by atoms with Gasteiger partial charge in [0.05, 0.1) is 5.75 Å². The summed E-state index contributed by atoms with van der Waals surface area (Å²) in [5.74, 6) is 1.80. The number of hydrogen-bond acceptors (Lipinski definition) is 2. The maximum absolute atomic E-state index is 10.9. The maximum atomic E-state index is 10.9. The summed E-state index contributed by atoms with van der Waals surface area (Å²) in [5.41, 5.74) is 0. The fourth-order valence-corrected chi connectivity index (χ4v) is 1.14. The van der Waals surface area contributed by atoms with Gasteiger partial charge in [-0.1, -0.05) is 20.3 Å². The van der Waals surface area contributed by atoms with Crippen LogP contribution < -0.4 is 5.32 Å². The van der Waals surface area contributed by atoms with Gasteiger partial charge >= 0.3 is 0 Å². The first-order chi connectivity index (χ1) is 5.31. The van der Waals surface area contributed by atoms with Gasteiger partial charge < -0.3 is 5.32 Å². The standard InChI is InChI=1S/C8H17NOS/c1-3-5-6-9-8(10)7-11-4-2/h3-7H2,1-2H3,(H,9,10). The van der Waals surface area contributed by atoms with E-state index in [2.05, 4.69) is 19.2 Å². The van der Waals surface area contributed by atoms with E-state index in [-0.39, 0.29) is 5.91 Å². The smallest absolute Gasteiger partial charge is 0.229 e. The normalized spacial score (nSPS) is 9.64. The van der Waals surface area contributed by atoms with Crippen molar-refractivity contribution in [1.29, 1.82) is 0 Å². The van der Waals surface area contributed by atoms with Crippen LogP contribution in [-0.2, 0) is 4.79 Å². The Morgan fingerprint density at radius 2 is 2.18 bits per heavy atom. The van der Waals surface area contributed by atoms with E-state index in [1.165, 1.54) is 0 Å². The van der Waals surface area contributed by atoms with Gasteiger partial charge in [-0.25, -0.2) is 0 Å². The molecule has 0 saturated carbocycles. The number of nitrogens with one attached hydrogen (secondary N) is 1. The molecule has 0 spiro atoms. The molecule has 0 saturated heterocycles. The van der Waals surface area contributed by atoms with Crippen LogP contribution in [0.25, 0.3) is 0 Å². The van der Waals surface area contributed by atoms with E-state index in [9.17, 15) is 4.79 Å². The number of thioether (sulfide) groups is 1. The Hall–Kier alpha value is -0.180. The predicted molar refractivity (Wildman–Crippen MR) is 50.9 cm³/mol. The monoisotopic (exact) mass is 175 g/mol. The van der Waals surface area contributed by atoms with E-state index in [0.717, 1.165) is 25.1 Å². The van der Waals surface area contributed by atoms with Crippen molar-refractivity contribution in [1.82, 2.24) is 5.32 Å². The van der Waals surface area contributed by atoms with Crippen LogP contribution in [-0.4, -0.2) is 24.0 Å². The minimum atomic E-state index is 0.172. The fraction of sp³-hybridized carbons (Fsp3) is 0.875. The molecule has 0 unspecified atom stereocenters. The zero-order valence-corrected chi connectivity index (χ0v) is 8.17. The summed E-state index contributed by atoms with van der Waals surface area (Å²) in [5, 5.41) is 2.86. The molecule has 2 nitrogen and oxygen atoms in total. The number of amides is 1. The summed E-state index contributed by atoms with van der Waals surface area (Å²) in [6, 6.07) is 0. The van der Waals surface area contributed by atoms with E-state index in [0.29, 0.717) is 5.75 Å². The van der Waals surface area contributed by atoms with Crippen LogP contribution in [0.3, 0.4) is 0 Å². The van der Waals surface area contributed by atoms with Gasteiger partial charge in [-0.15, -0.1) is 0 Å². The third-order valence-corrected chi connectivity index (χ3v) is 2.16. The molecule has 0 radical (unpaired) electrons. The van der Waals surface area contributed by atoms with Gasteiger partial charge in [0.2, 0.25) is 5.91 Å². The number of hydrogen-bond donors (Lipinski definition) is 1. The van der Waals surface area contributed by atoms with Gasteiger partial charge in [0.15, 0.2) is 0 Å². The quantitative estimate of drug-likeness (QED) is 0.622. The van der Waals surface area contributed by atoms with Crippen molar-refractivity contribution in [2.75, 3.05) is 18.1 Å². The zero-order chi connectivity index (χ0) is 8.53. The van der Waals surface area contributed by atoms with E-state index in [1.807, 2.05) is 0 Å². The van der Waals surface area contributed by atoms with E-state index < -0.39 is 0 Å². The second-order valence-electron chi connectivity index (χ2n) is 2.34. The molecule has 0 fully saturated rings. The molecular weight excluding hydrogens is 158 g/mol. The van der Waals surface area contributed by atoms with Crippen molar-refractivity contribution in [2.24, 2.45) is 0 Å². The Morgan fingerprint density at radius 1 is 1.45 bits per heavy atom. The highest BCUT2D eigenvalue weighted by Crippen LogP contribution is 1.96. The van der Waals surface area contributed by atoms with Crippen LogP contribution in [0.1, 0.15) is 26.7 Å².